The van der Waals surface area contributed by atoms with Gasteiger partial charge in [-0.1, -0.05) is 26.0 Å². The van der Waals surface area contributed by atoms with Crippen molar-refractivity contribution in [1.82, 2.24) is 20.9 Å². The highest BCUT2D eigenvalue weighted by molar-refractivity contribution is 5.94. The van der Waals surface area contributed by atoms with Crippen LogP contribution in [0.15, 0.2) is 24.3 Å². The quantitative estimate of drug-likeness (QED) is 0.322. The van der Waals surface area contributed by atoms with Crippen LogP contribution in [0, 0.1) is 5.92 Å². The second kappa shape index (κ2) is 14.1. The number of amides is 4. The van der Waals surface area contributed by atoms with E-state index < -0.39 is 12.5 Å². The van der Waals surface area contributed by atoms with Crippen LogP contribution in [-0.4, -0.2) is 80.1 Å². The summed E-state index contributed by atoms with van der Waals surface area (Å²) < 4.78 is 4.76. The lowest BCUT2D eigenvalue weighted by molar-refractivity contribution is -0.125. The summed E-state index contributed by atoms with van der Waals surface area (Å²) in [6, 6.07) is 6.91. The monoisotopic (exact) mass is 436 g/mol. The molecule has 0 unspecified atom stereocenters. The van der Waals surface area contributed by atoms with Crippen LogP contribution in [0.3, 0.4) is 0 Å². The molecule has 0 saturated carbocycles. The Hall–Kier alpha value is -2.98. The molecule has 31 heavy (non-hydrogen) atoms. The predicted molar refractivity (Wildman–Crippen MR) is 114 cm³/mol. The van der Waals surface area contributed by atoms with E-state index in [1.807, 2.05) is 6.07 Å². The summed E-state index contributed by atoms with van der Waals surface area (Å²) in [5.74, 6) is -1.33. The third-order valence-electron chi connectivity index (χ3n) is 4.28. The Morgan fingerprint density at radius 3 is 2.26 bits per heavy atom. The summed E-state index contributed by atoms with van der Waals surface area (Å²) in [5.41, 5.74) is 1.20. The van der Waals surface area contributed by atoms with E-state index in [1.165, 1.54) is 12.0 Å². The van der Waals surface area contributed by atoms with E-state index in [0.29, 0.717) is 12.1 Å². The molecule has 0 aliphatic carbocycles. The van der Waals surface area contributed by atoms with E-state index in [9.17, 15) is 19.2 Å². The van der Waals surface area contributed by atoms with Gasteiger partial charge in [0.05, 0.1) is 0 Å². The van der Waals surface area contributed by atoms with Gasteiger partial charge in [0.2, 0.25) is 17.7 Å². The van der Waals surface area contributed by atoms with Crippen LogP contribution < -0.4 is 16.0 Å². The molecule has 10 nitrogen and oxygen atoms in total. The highest BCUT2D eigenvalue weighted by atomic mass is 16.5. The molecule has 1 rings (SSSR count). The first-order valence-electron chi connectivity index (χ1n) is 10.1. The summed E-state index contributed by atoms with van der Waals surface area (Å²) >= 11 is 0. The highest BCUT2D eigenvalue weighted by Crippen LogP contribution is 2.09. The van der Waals surface area contributed by atoms with Gasteiger partial charge < -0.3 is 30.7 Å². The maximum Gasteiger partial charge on any atom is 0.253 e. The van der Waals surface area contributed by atoms with Crippen LogP contribution in [0.2, 0.25) is 0 Å². The standard InChI is InChI=1S/C21H32N4O6/c1-15(2)20(29)24-12-16-5-4-6-17(11-16)21(30)25(9-7-22-18(27)13-26)10-8-23-19(28)14-31-3/h4-6,11,15,26H,7-10,12-14H2,1-3H3,(H,22,27)(H,23,28)(H,24,29). The van der Waals surface area contributed by atoms with Gasteiger partial charge in [0, 0.05) is 51.3 Å². The average Bonchev–Trinajstić information content (AvgIpc) is 2.76. The number of carbonyl (C=O) groups is 4. The van der Waals surface area contributed by atoms with Gasteiger partial charge in [0.15, 0.2) is 0 Å². The van der Waals surface area contributed by atoms with Crippen LogP contribution in [0.1, 0.15) is 29.8 Å². The molecule has 1 aromatic carbocycles. The molecular weight excluding hydrogens is 404 g/mol. The third kappa shape index (κ3) is 10.1. The first-order chi connectivity index (χ1) is 14.8. The van der Waals surface area contributed by atoms with Gasteiger partial charge in [-0.25, -0.2) is 0 Å². The van der Waals surface area contributed by atoms with Crippen molar-refractivity contribution in [2.24, 2.45) is 5.92 Å². The molecule has 0 atom stereocenters. The highest BCUT2D eigenvalue weighted by Gasteiger charge is 2.17. The minimum atomic E-state index is -0.634. The summed E-state index contributed by atoms with van der Waals surface area (Å²) in [4.78, 5) is 49.1. The Bertz CT molecular complexity index is 753. The third-order valence-corrected chi connectivity index (χ3v) is 4.28. The Morgan fingerprint density at radius 2 is 1.68 bits per heavy atom. The summed E-state index contributed by atoms with van der Waals surface area (Å²) in [6.07, 6.45) is 0. The van der Waals surface area contributed by atoms with Crippen molar-refractivity contribution in [3.8, 4) is 0 Å². The summed E-state index contributed by atoms with van der Waals surface area (Å²) in [7, 11) is 1.41. The van der Waals surface area contributed by atoms with Crippen molar-refractivity contribution in [3.63, 3.8) is 0 Å². The zero-order valence-corrected chi connectivity index (χ0v) is 18.3. The smallest absolute Gasteiger partial charge is 0.253 e. The zero-order valence-electron chi connectivity index (χ0n) is 18.3. The molecule has 0 heterocycles. The van der Waals surface area contributed by atoms with E-state index >= 15 is 0 Å². The molecule has 0 radical (unpaired) electrons. The number of methoxy groups -OCH3 is 1. The van der Waals surface area contributed by atoms with Crippen LogP contribution in [0.4, 0.5) is 0 Å². The van der Waals surface area contributed by atoms with E-state index in [2.05, 4.69) is 16.0 Å². The first-order valence-corrected chi connectivity index (χ1v) is 10.1. The van der Waals surface area contributed by atoms with Gasteiger partial charge in [-0.15, -0.1) is 0 Å². The van der Waals surface area contributed by atoms with Crippen molar-refractivity contribution >= 4 is 23.6 Å². The second-order valence-corrected chi connectivity index (χ2v) is 7.16. The van der Waals surface area contributed by atoms with E-state index in [0.717, 1.165) is 5.56 Å². The van der Waals surface area contributed by atoms with Crippen LogP contribution in [0.25, 0.3) is 0 Å². The number of benzene rings is 1. The lowest BCUT2D eigenvalue weighted by atomic mass is 10.1. The fraction of sp³-hybridized carbons (Fsp3) is 0.524. The Labute approximate surface area is 182 Å². The molecule has 0 aliphatic heterocycles. The molecular formula is C21H32N4O6. The summed E-state index contributed by atoms with van der Waals surface area (Å²) in [6.45, 7) is 3.97. The van der Waals surface area contributed by atoms with E-state index in [1.54, 1.807) is 32.0 Å². The van der Waals surface area contributed by atoms with Crippen molar-refractivity contribution in [2.45, 2.75) is 20.4 Å². The van der Waals surface area contributed by atoms with Gasteiger partial charge >= 0.3 is 0 Å². The fourth-order valence-electron chi connectivity index (χ4n) is 2.60. The number of nitrogens with zero attached hydrogens (tertiary/aromatic N) is 1. The zero-order chi connectivity index (χ0) is 23.2. The fourth-order valence-corrected chi connectivity index (χ4v) is 2.60. The number of rotatable bonds is 13. The SMILES string of the molecule is COCC(=O)NCCN(CCNC(=O)CO)C(=O)c1cccc(CNC(=O)C(C)C)c1. The molecule has 0 spiro atoms. The van der Waals surface area contributed by atoms with Crippen molar-refractivity contribution in [1.29, 1.82) is 0 Å². The van der Waals surface area contributed by atoms with Gasteiger partial charge in [-0.2, -0.15) is 0 Å². The number of aliphatic hydroxyl groups excluding tert-OH is 1. The molecule has 4 amide bonds. The van der Waals surface area contributed by atoms with Crippen LogP contribution in [-0.2, 0) is 25.7 Å². The van der Waals surface area contributed by atoms with E-state index in [-0.39, 0.29) is 56.4 Å². The van der Waals surface area contributed by atoms with Gasteiger partial charge in [0.1, 0.15) is 13.2 Å². The maximum absolute atomic E-state index is 13.0. The molecule has 172 valence electrons. The Kier molecular flexibility index (Phi) is 11.9. The molecule has 0 aliphatic rings. The number of hydrogen-bond donors (Lipinski definition) is 4. The predicted octanol–water partition coefficient (Wildman–Crippen LogP) is -0.728. The lowest BCUT2D eigenvalue weighted by Gasteiger charge is -2.23. The van der Waals surface area contributed by atoms with Crippen molar-refractivity contribution in [2.75, 3.05) is 46.5 Å². The van der Waals surface area contributed by atoms with Crippen LogP contribution in [0.5, 0.6) is 0 Å². The number of nitrogens with one attached hydrogen (secondary N) is 3. The minimum absolute atomic E-state index is 0.0787. The normalized spacial score (nSPS) is 10.5. The second-order valence-electron chi connectivity index (χ2n) is 7.16. The summed E-state index contributed by atoms with van der Waals surface area (Å²) in [5, 5.41) is 16.8. The molecule has 0 saturated heterocycles. The molecule has 1 aromatic rings. The van der Waals surface area contributed by atoms with Gasteiger partial charge in [-0.3, -0.25) is 19.2 Å². The number of aliphatic hydroxyl groups is 1. The molecule has 10 heteroatoms. The Balaban J connectivity index is 2.81. The van der Waals surface area contributed by atoms with E-state index in [4.69, 9.17) is 9.84 Å². The first kappa shape index (κ1) is 26.1. The van der Waals surface area contributed by atoms with Crippen molar-refractivity contribution < 1.29 is 29.0 Å². The van der Waals surface area contributed by atoms with Gasteiger partial charge in [0.25, 0.3) is 5.91 Å². The number of carbonyl (C=O) groups excluding carboxylic acids is 4. The van der Waals surface area contributed by atoms with Crippen molar-refractivity contribution in [3.05, 3.63) is 35.4 Å². The topological polar surface area (TPSA) is 137 Å². The minimum Gasteiger partial charge on any atom is -0.387 e. The number of ether oxygens (including phenoxy) is 1. The molecule has 0 aromatic heterocycles. The molecule has 4 N–H and O–H groups in total. The number of hydrogen-bond acceptors (Lipinski definition) is 6. The Morgan fingerprint density at radius 1 is 1.03 bits per heavy atom. The van der Waals surface area contributed by atoms with Crippen LogP contribution >= 0.6 is 0 Å². The molecule has 0 fully saturated rings. The average molecular weight is 437 g/mol. The molecule has 0 bridgehead atoms. The van der Waals surface area contributed by atoms with Gasteiger partial charge in [-0.05, 0) is 17.7 Å². The largest absolute Gasteiger partial charge is 0.387 e. The maximum atomic E-state index is 13.0. The lowest BCUT2D eigenvalue weighted by Crippen LogP contribution is -2.43.